The molecule has 0 bridgehead atoms. The summed E-state index contributed by atoms with van der Waals surface area (Å²) in [5.41, 5.74) is 4.70. The number of fused-ring (bicyclic) bond motifs is 3. The van der Waals surface area contributed by atoms with Gasteiger partial charge in [-0.1, -0.05) is 49.2 Å². The number of amides is 3. The minimum absolute atomic E-state index is 0.235. The molecule has 34 heavy (non-hydrogen) atoms. The molecule has 0 saturated carbocycles. The fraction of sp³-hybridized carbons (Fsp3) is 0.360. The lowest BCUT2D eigenvalue weighted by Crippen LogP contribution is -2.38. The Hall–Kier alpha value is -2.74. The fourth-order valence-electron chi connectivity index (χ4n) is 4.41. The molecule has 3 amide bonds. The van der Waals surface area contributed by atoms with E-state index in [2.05, 4.69) is 24.2 Å². The second-order valence-corrected chi connectivity index (χ2v) is 9.21. The molecule has 1 saturated heterocycles. The number of hydrogen-bond donors (Lipinski definition) is 1. The van der Waals surface area contributed by atoms with Gasteiger partial charge >= 0.3 is 6.03 Å². The molecule has 2 heterocycles. The van der Waals surface area contributed by atoms with Gasteiger partial charge in [0.2, 0.25) is 0 Å². The molecule has 9 heteroatoms. The first-order valence-corrected chi connectivity index (χ1v) is 12.4. The van der Waals surface area contributed by atoms with Gasteiger partial charge in [-0.05, 0) is 69.2 Å². The average molecular weight is 502 g/mol. The minimum atomic E-state index is -0.326. The molecule has 0 atom stereocenters. The van der Waals surface area contributed by atoms with Crippen molar-refractivity contribution in [1.82, 2.24) is 15.3 Å². The number of benzene rings is 2. The maximum atomic E-state index is 13.4. The number of halogens is 2. The van der Waals surface area contributed by atoms with E-state index in [4.69, 9.17) is 23.2 Å². The van der Waals surface area contributed by atoms with Crippen LogP contribution in [-0.2, 0) is 4.79 Å². The summed E-state index contributed by atoms with van der Waals surface area (Å²) in [6.45, 7) is 7.89. The van der Waals surface area contributed by atoms with Gasteiger partial charge in [0.15, 0.2) is 0 Å². The molecular formula is C25H29Cl2N5O2. The van der Waals surface area contributed by atoms with Gasteiger partial charge in [-0.3, -0.25) is 15.1 Å². The topological polar surface area (TPSA) is 59.1 Å². The summed E-state index contributed by atoms with van der Waals surface area (Å²) >= 11 is 12.7. The maximum absolute atomic E-state index is 13.4. The van der Waals surface area contributed by atoms with Gasteiger partial charge in [-0.2, -0.15) is 0 Å². The maximum Gasteiger partial charge on any atom is 0.349 e. The van der Waals surface area contributed by atoms with E-state index in [0.29, 0.717) is 39.5 Å². The van der Waals surface area contributed by atoms with E-state index >= 15 is 0 Å². The number of nitrogens with one attached hydrogen (secondary N) is 1. The Morgan fingerprint density at radius 1 is 0.882 bits per heavy atom. The number of anilines is 3. The van der Waals surface area contributed by atoms with Crippen molar-refractivity contribution in [3.05, 3.63) is 64.4 Å². The smallest absolute Gasteiger partial charge is 0.303 e. The highest BCUT2D eigenvalue weighted by atomic mass is 35.5. The van der Waals surface area contributed by atoms with Crippen LogP contribution in [0.1, 0.15) is 33.1 Å². The third-order valence-corrected chi connectivity index (χ3v) is 6.40. The zero-order valence-corrected chi connectivity index (χ0v) is 20.9. The highest BCUT2D eigenvalue weighted by molar-refractivity contribution is 6.35. The van der Waals surface area contributed by atoms with Gasteiger partial charge in [0.25, 0.3) is 5.91 Å². The highest BCUT2D eigenvalue weighted by Crippen LogP contribution is 2.43. The lowest BCUT2D eigenvalue weighted by atomic mass is 10.2. The van der Waals surface area contributed by atoms with Crippen molar-refractivity contribution in [3.8, 4) is 0 Å². The molecule has 0 unspecified atom stereocenters. The first-order valence-electron chi connectivity index (χ1n) is 11.6. The Balaban J connectivity index is 1.62. The normalized spacial score (nSPS) is 15.3. The Labute approximate surface area is 210 Å². The average Bonchev–Trinajstić information content (AvgIpc) is 3.04. The van der Waals surface area contributed by atoms with Gasteiger partial charge in [0.05, 0.1) is 22.1 Å². The highest BCUT2D eigenvalue weighted by Gasteiger charge is 2.40. The third kappa shape index (κ3) is 4.87. The number of nitrogens with zero attached hydrogens (tertiary/aromatic N) is 4. The van der Waals surface area contributed by atoms with Crippen LogP contribution in [-0.4, -0.2) is 48.0 Å². The van der Waals surface area contributed by atoms with Crippen LogP contribution in [0.25, 0.3) is 0 Å². The second-order valence-electron chi connectivity index (χ2n) is 8.36. The predicted molar refractivity (Wildman–Crippen MR) is 137 cm³/mol. The monoisotopic (exact) mass is 501 g/mol. The van der Waals surface area contributed by atoms with Crippen LogP contribution in [0.3, 0.4) is 0 Å². The molecule has 0 radical (unpaired) electrons. The molecule has 4 rings (SSSR count). The number of carbonyl (C=O) groups excluding carboxylic acids is 2. The number of urea groups is 1. The summed E-state index contributed by atoms with van der Waals surface area (Å²) in [5.74, 6) is 0.0837. The molecular weight excluding hydrogens is 473 g/mol. The van der Waals surface area contributed by atoms with Crippen molar-refractivity contribution in [2.45, 2.75) is 33.1 Å². The number of hydrogen-bond acceptors (Lipinski definition) is 4. The molecule has 1 N–H and O–H groups in total. The van der Waals surface area contributed by atoms with Crippen LogP contribution in [0.2, 0.25) is 10.0 Å². The Morgan fingerprint density at radius 3 is 2.32 bits per heavy atom. The summed E-state index contributed by atoms with van der Waals surface area (Å²) < 4.78 is 0. The molecule has 2 aromatic carbocycles. The molecule has 7 nitrogen and oxygen atoms in total. The third-order valence-electron chi connectivity index (χ3n) is 5.84. The Kier molecular flexibility index (Phi) is 7.66. The number of hydrazine groups is 1. The molecule has 0 aliphatic carbocycles. The van der Waals surface area contributed by atoms with Crippen molar-refractivity contribution in [2.24, 2.45) is 0 Å². The molecule has 2 aromatic rings. The Morgan fingerprint density at radius 2 is 1.62 bits per heavy atom. The zero-order chi connectivity index (χ0) is 24.2. The van der Waals surface area contributed by atoms with Crippen LogP contribution in [0.15, 0.2) is 54.4 Å². The summed E-state index contributed by atoms with van der Waals surface area (Å²) in [6.07, 6.45) is 4.46. The van der Waals surface area contributed by atoms with E-state index < -0.39 is 0 Å². The summed E-state index contributed by atoms with van der Waals surface area (Å²) in [7, 11) is 0. The van der Waals surface area contributed by atoms with E-state index in [1.54, 1.807) is 41.4 Å². The largest absolute Gasteiger partial charge is 0.349 e. The van der Waals surface area contributed by atoms with Crippen molar-refractivity contribution >= 4 is 52.2 Å². The first-order chi connectivity index (χ1) is 16.4. The quantitative estimate of drug-likeness (QED) is 0.473. The lowest BCUT2D eigenvalue weighted by molar-refractivity contribution is -0.113. The molecule has 0 spiro atoms. The summed E-state index contributed by atoms with van der Waals surface area (Å²) in [4.78, 5) is 32.2. The van der Waals surface area contributed by atoms with Crippen LogP contribution in [0, 0.1) is 0 Å². The van der Waals surface area contributed by atoms with Gasteiger partial charge in [-0.25, -0.2) is 14.7 Å². The molecule has 2 aliphatic heterocycles. The molecule has 180 valence electrons. The van der Waals surface area contributed by atoms with Gasteiger partial charge < -0.3 is 4.90 Å². The van der Waals surface area contributed by atoms with Crippen molar-refractivity contribution < 1.29 is 9.59 Å². The van der Waals surface area contributed by atoms with Crippen LogP contribution < -0.4 is 15.2 Å². The molecule has 0 aromatic heterocycles. The SMILES string of the molecule is CCCN(CCC)CCCN1NC2=CC(=O)N(c3ccccc3Cl)c3cc(Cl)ccc3N2C1=O. The fourth-order valence-corrected chi connectivity index (χ4v) is 4.79. The number of rotatable bonds is 9. The van der Waals surface area contributed by atoms with E-state index in [1.165, 1.54) is 15.9 Å². The minimum Gasteiger partial charge on any atom is -0.303 e. The summed E-state index contributed by atoms with van der Waals surface area (Å²) in [5, 5.41) is 2.45. The predicted octanol–water partition coefficient (Wildman–Crippen LogP) is 5.77. The van der Waals surface area contributed by atoms with E-state index in [-0.39, 0.29) is 11.9 Å². The van der Waals surface area contributed by atoms with Crippen molar-refractivity contribution in [1.29, 1.82) is 0 Å². The standard InChI is InChI=1S/C25H29Cl2N5O2/c1-3-12-29(13-4-2)14-7-15-30-25(34)32-21-11-10-18(26)16-22(21)31(24(33)17-23(32)28-30)20-9-6-5-8-19(20)27/h5-6,8-11,16-17,28H,3-4,7,12-15H2,1-2H3. The van der Waals surface area contributed by atoms with E-state index in [0.717, 1.165) is 38.9 Å². The Bertz CT molecular complexity index is 1100. The lowest BCUT2D eigenvalue weighted by Gasteiger charge is -2.26. The van der Waals surface area contributed by atoms with Gasteiger partial charge in [-0.15, -0.1) is 0 Å². The van der Waals surface area contributed by atoms with Crippen LogP contribution in [0.5, 0.6) is 0 Å². The summed E-state index contributed by atoms with van der Waals surface area (Å²) in [6, 6.07) is 12.0. The van der Waals surface area contributed by atoms with E-state index in [9.17, 15) is 9.59 Å². The van der Waals surface area contributed by atoms with Crippen molar-refractivity contribution in [3.63, 3.8) is 0 Å². The number of carbonyl (C=O) groups is 2. The molecule has 2 aliphatic rings. The zero-order valence-electron chi connectivity index (χ0n) is 19.4. The van der Waals surface area contributed by atoms with Crippen molar-refractivity contribution in [2.75, 3.05) is 36.0 Å². The second kappa shape index (κ2) is 10.7. The van der Waals surface area contributed by atoms with E-state index in [1.807, 2.05) is 6.07 Å². The first kappa shape index (κ1) is 24.4. The van der Waals surface area contributed by atoms with Crippen LogP contribution >= 0.6 is 23.2 Å². The number of para-hydroxylation sites is 1. The van der Waals surface area contributed by atoms with Gasteiger partial charge in [0, 0.05) is 17.6 Å². The van der Waals surface area contributed by atoms with Gasteiger partial charge in [0.1, 0.15) is 5.82 Å². The van der Waals surface area contributed by atoms with Crippen LogP contribution in [0.4, 0.5) is 21.9 Å². The molecule has 1 fully saturated rings.